The molecule has 0 spiro atoms. The van der Waals surface area contributed by atoms with Gasteiger partial charge < -0.3 is 10.5 Å². The molecule has 0 aliphatic heterocycles. The van der Waals surface area contributed by atoms with E-state index in [-0.39, 0.29) is 6.10 Å². The molecule has 1 aromatic carbocycles. The van der Waals surface area contributed by atoms with Crippen molar-refractivity contribution in [2.45, 2.75) is 20.0 Å². The molecule has 3 aromatic rings. The van der Waals surface area contributed by atoms with Crippen molar-refractivity contribution in [1.82, 2.24) is 14.8 Å². The Hall–Kier alpha value is -2.56. The van der Waals surface area contributed by atoms with Crippen molar-refractivity contribution in [3.8, 4) is 11.7 Å². The second kappa shape index (κ2) is 4.85. The SMILES string of the molecule is CC(C)Oc1nc(-n2ncc3ccccc32)ccc1N. The van der Waals surface area contributed by atoms with Crippen LogP contribution in [0.1, 0.15) is 13.8 Å². The topological polar surface area (TPSA) is 66.0 Å². The third kappa shape index (κ3) is 2.18. The van der Waals surface area contributed by atoms with Crippen LogP contribution < -0.4 is 10.5 Å². The zero-order valence-corrected chi connectivity index (χ0v) is 11.4. The first-order valence-electron chi connectivity index (χ1n) is 6.51. The highest BCUT2D eigenvalue weighted by atomic mass is 16.5. The molecule has 20 heavy (non-hydrogen) atoms. The van der Waals surface area contributed by atoms with Crippen LogP contribution in [0.5, 0.6) is 5.88 Å². The van der Waals surface area contributed by atoms with Crippen LogP contribution in [-0.2, 0) is 0 Å². The number of fused-ring (bicyclic) bond motifs is 1. The summed E-state index contributed by atoms with van der Waals surface area (Å²) in [6.45, 7) is 3.88. The quantitative estimate of drug-likeness (QED) is 0.793. The number of para-hydroxylation sites is 1. The van der Waals surface area contributed by atoms with Gasteiger partial charge in [-0.25, -0.2) is 4.68 Å². The van der Waals surface area contributed by atoms with Crippen molar-refractivity contribution in [2.75, 3.05) is 5.73 Å². The first-order chi connectivity index (χ1) is 9.65. The van der Waals surface area contributed by atoms with Crippen molar-refractivity contribution in [3.63, 3.8) is 0 Å². The number of rotatable bonds is 3. The predicted molar refractivity (Wildman–Crippen MR) is 79.0 cm³/mol. The molecule has 5 heteroatoms. The molecule has 102 valence electrons. The summed E-state index contributed by atoms with van der Waals surface area (Å²) in [6, 6.07) is 11.6. The molecule has 0 unspecified atom stereocenters. The molecule has 0 fully saturated rings. The number of aromatic nitrogens is 3. The highest BCUT2D eigenvalue weighted by molar-refractivity contribution is 5.79. The van der Waals surface area contributed by atoms with E-state index in [2.05, 4.69) is 10.1 Å². The monoisotopic (exact) mass is 268 g/mol. The van der Waals surface area contributed by atoms with Gasteiger partial charge in [-0.1, -0.05) is 18.2 Å². The maximum atomic E-state index is 5.89. The van der Waals surface area contributed by atoms with Gasteiger partial charge in [0.2, 0.25) is 5.88 Å². The molecule has 0 aliphatic carbocycles. The lowest BCUT2D eigenvalue weighted by molar-refractivity contribution is 0.234. The van der Waals surface area contributed by atoms with Crippen LogP contribution >= 0.6 is 0 Å². The minimum atomic E-state index is 0.0226. The largest absolute Gasteiger partial charge is 0.473 e. The lowest BCUT2D eigenvalue weighted by Crippen LogP contribution is -2.10. The van der Waals surface area contributed by atoms with Crippen molar-refractivity contribution >= 4 is 16.6 Å². The summed E-state index contributed by atoms with van der Waals surface area (Å²) in [5, 5.41) is 5.44. The van der Waals surface area contributed by atoms with Gasteiger partial charge in [-0.3, -0.25) is 0 Å². The molecule has 2 aromatic heterocycles. The second-order valence-corrected chi connectivity index (χ2v) is 4.85. The van der Waals surface area contributed by atoms with E-state index >= 15 is 0 Å². The maximum Gasteiger partial charge on any atom is 0.239 e. The summed E-state index contributed by atoms with van der Waals surface area (Å²) in [6.07, 6.45) is 1.84. The van der Waals surface area contributed by atoms with Gasteiger partial charge in [0.25, 0.3) is 0 Å². The Balaban J connectivity index is 2.10. The average Bonchev–Trinajstić information content (AvgIpc) is 2.85. The summed E-state index contributed by atoms with van der Waals surface area (Å²) in [4.78, 5) is 4.46. The number of nitrogens with zero attached hydrogens (tertiary/aromatic N) is 3. The highest BCUT2D eigenvalue weighted by Crippen LogP contribution is 2.23. The predicted octanol–water partition coefficient (Wildman–Crippen LogP) is 2.79. The number of nitrogens with two attached hydrogens (primary N) is 1. The maximum absolute atomic E-state index is 5.89. The van der Waals surface area contributed by atoms with E-state index in [0.29, 0.717) is 17.4 Å². The Morgan fingerprint density at radius 3 is 2.75 bits per heavy atom. The molecule has 0 saturated heterocycles. The van der Waals surface area contributed by atoms with Crippen LogP contribution in [-0.4, -0.2) is 20.9 Å². The third-order valence-electron chi connectivity index (χ3n) is 2.92. The minimum Gasteiger partial charge on any atom is -0.473 e. The lowest BCUT2D eigenvalue weighted by Gasteiger charge is -2.12. The summed E-state index contributed by atoms with van der Waals surface area (Å²) >= 11 is 0. The molecule has 0 radical (unpaired) electrons. The normalized spacial score (nSPS) is 11.2. The molecule has 3 rings (SSSR count). The van der Waals surface area contributed by atoms with E-state index in [1.54, 1.807) is 10.7 Å². The molecular weight excluding hydrogens is 252 g/mol. The molecule has 0 aliphatic rings. The Labute approximate surface area is 117 Å². The Morgan fingerprint density at radius 2 is 1.95 bits per heavy atom. The van der Waals surface area contributed by atoms with Gasteiger partial charge >= 0.3 is 0 Å². The number of nitrogen functional groups attached to an aromatic ring is 1. The summed E-state index contributed by atoms with van der Waals surface area (Å²) in [7, 11) is 0. The van der Waals surface area contributed by atoms with Crippen molar-refractivity contribution < 1.29 is 4.74 Å². The summed E-state index contributed by atoms with van der Waals surface area (Å²) in [5.41, 5.74) is 7.41. The molecule has 0 atom stereocenters. The fourth-order valence-corrected chi connectivity index (χ4v) is 2.03. The first-order valence-corrected chi connectivity index (χ1v) is 6.51. The van der Waals surface area contributed by atoms with Crippen LogP contribution in [0, 0.1) is 0 Å². The van der Waals surface area contributed by atoms with Gasteiger partial charge in [-0.15, -0.1) is 0 Å². The molecule has 2 N–H and O–H groups in total. The van der Waals surface area contributed by atoms with Gasteiger partial charge in [-0.2, -0.15) is 10.1 Å². The Kier molecular flexibility index (Phi) is 3.02. The zero-order chi connectivity index (χ0) is 14.1. The van der Waals surface area contributed by atoms with E-state index in [0.717, 1.165) is 10.9 Å². The molecule has 0 amide bonds. The number of hydrogen-bond donors (Lipinski definition) is 1. The smallest absolute Gasteiger partial charge is 0.239 e. The standard InChI is InChI=1S/C15H16N4O/c1-10(2)20-15-12(16)7-8-14(18-15)19-13-6-4-3-5-11(13)9-17-19/h3-10H,16H2,1-2H3. The zero-order valence-electron chi connectivity index (χ0n) is 11.4. The number of ether oxygens (including phenoxy) is 1. The van der Waals surface area contributed by atoms with Gasteiger partial charge in [-0.05, 0) is 32.0 Å². The molecule has 2 heterocycles. The Morgan fingerprint density at radius 1 is 1.15 bits per heavy atom. The highest BCUT2D eigenvalue weighted by Gasteiger charge is 2.10. The van der Waals surface area contributed by atoms with E-state index in [4.69, 9.17) is 10.5 Å². The molecular formula is C15H16N4O. The van der Waals surface area contributed by atoms with Crippen molar-refractivity contribution in [3.05, 3.63) is 42.6 Å². The van der Waals surface area contributed by atoms with E-state index in [9.17, 15) is 0 Å². The van der Waals surface area contributed by atoms with Crippen LogP contribution in [0.3, 0.4) is 0 Å². The minimum absolute atomic E-state index is 0.0226. The fourth-order valence-electron chi connectivity index (χ4n) is 2.03. The fraction of sp³-hybridized carbons (Fsp3) is 0.200. The van der Waals surface area contributed by atoms with Gasteiger partial charge in [0.15, 0.2) is 5.82 Å². The van der Waals surface area contributed by atoms with Crippen LogP contribution in [0.2, 0.25) is 0 Å². The van der Waals surface area contributed by atoms with Crippen LogP contribution in [0.25, 0.3) is 16.7 Å². The van der Waals surface area contributed by atoms with Gasteiger partial charge in [0.1, 0.15) is 0 Å². The van der Waals surface area contributed by atoms with E-state index < -0.39 is 0 Å². The molecule has 0 saturated carbocycles. The van der Waals surface area contributed by atoms with Gasteiger partial charge in [0, 0.05) is 5.39 Å². The van der Waals surface area contributed by atoms with Gasteiger partial charge in [0.05, 0.1) is 23.5 Å². The van der Waals surface area contributed by atoms with Crippen molar-refractivity contribution in [1.29, 1.82) is 0 Å². The number of hydrogen-bond acceptors (Lipinski definition) is 4. The van der Waals surface area contributed by atoms with Crippen LogP contribution in [0.15, 0.2) is 42.6 Å². The summed E-state index contributed by atoms with van der Waals surface area (Å²) in [5.74, 6) is 1.13. The summed E-state index contributed by atoms with van der Waals surface area (Å²) < 4.78 is 7.40. The van der Waals surface area contributed by atoms with Crippen LogP contribution in [0.4, 0.5) is 5.69 Å². The second-order valence-electron chi connectivity index (χ2n) is 4.85. The Bertz CT molecular complexity index is 748. The first kappa shape index (κ1) is 12.5. The van der Waals surface area contributed by atoms with E-state index in [1.165, 1.54) is 0 Å². The molecule has 0 bridgehead atoms. The number of anilines is 1. The third-order valence-corrected chi connectivity index (χ3v) is 2.92. The lowest BCUT2D eigenvalue weighted by atomic mass is 10.2. The number of benzene rings is 1. The van der Waals surface area contributed by atoms with E-state index in [1.807, 2.05) is 50.4 Å². The van der Waals surface area contributed by atoms with Crippen molar-refractivity contribution in [2.24, 2.45) is 0 Å². The molecule has 5 nitrogen and oxygen atoms in total. The average molecular weight is 268 g/mol. The number of pyridine rings is 1.